The van der Waals surface area contributed by atoms with Gasteiger partial charge in [-0.15, -0.1) is 0 Å². The number of fused-ring (bicyclic) bond motifs is 1. The van der Waals surface area contributed by atoms with Crippen molar-refractivity contribution in [2.75, 3.05) is 6.54 Å². The van der Waals surface area contributed by atoms with Crippen molar-refractivity contribution >= 4 is 27.8 Å². The third kappa shape index (κ3) is 3.09. The Labute approximate surface area is 143 Å². The summed E-state index contributed by atoms with van der Waals surface area (Å²) in [5.74, 6) is -0.161. The molecule has 5 nitrogen and oxygen atoms in total. The molecule has 1 amide bonds. The van der Waals surface area contributed by atoms with Gasteiger partial charge in [-0.2, -0.15) is 0 Å². The first kappa shape index (κ1) is 16.3. The van der Waals surface area contributed by atoms with Crippen molar-refractivity contribution in [3.05, 3.63) is 28.7 Å². The topological polar surface area (TPSA) is 66.8 Å². The van der Waals surface area contributed by atoms with Gasteiger partial charge in [0, 0.05) is 6.54 Å². The molecule has 1 heterocycles. The van der Waals surface area contributed by atoms with Crippen LogP contribution in [0.3, 0.4) is 0 Å². The Bertz CT molecular complexity index is 620. The van der Waals surface area contributed by atoms with Crippen molar-refractivity contribution in [3.8, 4) is 5.75 Å². The Morgan fingerprint density at radius 2 is 2.09 bits per heavy atom. The zero-order valence-corrected chi connectivity index (χ0v) is 14.5. The van der Waals surface area contributed by atoms with Gasteiger partial charge in [-0.05, 0) is 59.7 Å². The standard InChI is InChI=1S/C17H20BrNO4/c1-10(23-14-8-3-2-7-13(14)18)16(20)19-9-11-5-4-6-12(11)15(19)17(21)22/h2-3,7-8,10-12,15H,4-6,9H2,1H3,(H,21,22). The molecule has 3 rings (SSSR count). The van der Waals surface area contributed by atoms with E-state index in [9.17, 15) is 14.7 Å². The van der Waals surface area contributed by atoms with Crippen LogP contribution in [0.15, 0.2) is 28.7 Å². The highest BCUT2D eigenvalue weighted by atomic mass is 79.9. The molecule has 0 bridgehead atoms. The van der Waals surface area contributed by atoms with E-state index in [0.29, 0.717) is 18.2 Å². The molecular formula is C17H20BrNO4. The van der Waals surface area contributed by atoms with Crippen LogP contribution in [0.5, 0.6) is 5.75 Å². The third-order valence-corrected chi connectivity index (χ3v) is 5.57. The molecule has 0 spiro atoms. The van der Waals surface area contributed by atoms with E-state index in [1.807, 2.05) is 18.2 Å². The molecule has 4 unspecified atom stereocenters. The summed E-state index contributed by atoms with van der Waals surface area (Å²) >= 11 is 3.39. The summed E-state index contributed by atoms with van der Waals surface area (Å²) in [6.45, 7) is 2.21. The van der Waals surface area contributed by atoms with Crippen LogP contribution in [0.1, 0.15) is 26.2 Å². The average Bonchev–Trinajstić information content (AvgIpc) is 3.08. The van der Waals surface area contributed by atoms with Crippen molar-refractivity contribution in [2.45, 2.75) is 38.3 Å². The number of amides is 1. The van der Waals surface area contributed by atoms with Gasteiger partial charge in [0.2, 0.25) is 0 Å². The lowest BCUT2D eigenvalue weighted by Gasteiger charge is -2.27. The largest absolute Gasteiger partial charge is 0.480 e. The minimum absolute atomic E-state index is 0.0899. The zero-order valence-electron chi connectivity index (χ0n) is 12.9. The second-order valence-corrected chi connectivity index (χ2v) is 7.17. The number of carboxylic acid groups (broad SMARTS) is 1. The number of halogens is 1. The maximum atomic E-state index is 12.7. The Kier molecular flexibility index (Phi) is 4.62. The molecule has 23 heavy (non-hydrogen) atoms. The summed E-state index contributed by atoms with van der Waals surface area (Å²) in [5.41, 5.74) is 0. The van der Waals surface area contributed by atoms with Gasteiger partial charge in [-0.25, -0.2) is 4.79 Å². The van der Waals surface area contributed by atoms with Crippen molar-refractivity contribution in [3.63, 3.8) is 0 Å². The molecule has 124 valence electrons. The predicted molar refractivity (Wildman–Crippen MR) is 88.2 cm³/mol. The summed E-state index contributed by atoms with van der Waals surface area (Å²) in [6, 6.07) is 6.61. The third-order valence-electron chi connectivity index (χ3n) is 4.91. The number of carbonyl (C=O) groups is 2. The van der Waals surface area contributed by atoms with Crippen LogP contribution in [-0.4, -0.2) is 40.6 Å². The minimum Gasteiger partial charge on any atom is -0.480 e. The molecule has 1 aliphatic heterocycles. The number of ether oxygens (including phenoxy) is 1. The number of rotatable bonds is 4. The number of aliphatic carboxylic acids is 1. The molecule has 1 saturated carbocycles. The molecule has 0 aromatic heterocycles. The number of hydrogen-bond acceptors (Lipinski definition) is 3. The fourth-order valence-electron chi connectivity index (χ4n) is 3.86. The first-order valence-electron chi connectivity index (χ1n) is 7.93. The number of hydrogen-bond donors (Lipinski definition) is 1. The molecule has 1 aromatic rings. The van der Waals surface area contributed by atoms with E-state index < -0.39 is 18.1 Å². The van der Waals surface area contributed by atoms with Crippen LogP contribution < -0.4 is 4.74 Å². The molecule has 6 heteroatoms. The van der Waals surface area contributed by atoms with Crippen molar-refractivity contribution in [1.82, 2.24) is 4.90 Å². The lowest BCUT2D eigenvalue weighted by Crippen LogP contribution is -2.48. The fourth-order valence-corrected chi connectivity index (χ4v) is 4.24. The maximum absolute atomic E-state index is 12.7. The van der Waals surface area contributed by atoms with E-state index in [4.69, 9.17) is 4.74 Å². The van der Waals surface area contributed by atoms with Gasteiger partial charge in [0.25, 0.3) is 5.91 Å². The lowest BCUT2D eigenvalue weighted by atomic mass is 9.94. The summed E-state index contributed by atoms with van der Waals surface area (Å²) in [4.78, 5) is 25.9. The quantitative estimate of drug-likeness (QED) is 0.870. The second-order valence-electron chi connectivity index (χ2n) is 6.32. The van der Waals surface area contributed by atoms with Gasteiger partial charge in [0.05, 0.1) is 4.47 Å². The minimum atomic E-state index is -0.902. The number of likely N-dealkylation sites (tertiary alicyclic amines) is 1. The Balaban J connectivity index is 1.74. The number of carbonyl (C=O) groups excluding carboxylic acids is 1. The van der Waals surface area contributed by atoms with Gasteiger partial charge in [-0.1, -0.05) is 18.6 Å². The predicted octanol–water partition coefficient (Wildman–Crippen LogP) is 2.93. The van der Waals surface area contributed by atoms with Gasteiger partial charge >= 0.3 is 5.97 Å². The second kappa shape index (κ2) is 6.51. The monoisotopic (exact) mass is 381 g/mol. The number of carboxylic acids is 1. The van der Waals surface area contributed by atoms with Gasteiger partial charge in [-0.3, -0.25) is 4.79 Å². The van der Waals surface area contributed by atoms with Crippen LogP contribution in [-0.2, 0) is 9.59 Å². The molecule has 2 fully saturated rings. The van der Waals surface area contributed by atoms with Crippen molar-refractivity contribution < 1.29 is 19.4 Å². The van der Waals surface area contributed by atoms with Crippen LogP contribution in [0.2, 0.25) is 0 Å². The number of para-hydroxylation sites is 1. The molecule has 1 saturated heterocycles. The summed E-state index contributed by atoms with van der Waals surface area (Å²) < 4.78 is 6.51. The van der Waals surface area contributed by atoms with Crippen molar-refractivity contribution in [1.29, 1.82) is 0 Å². The first-order chi connectivity index (χ1) is 11.0. The highest BCUT2D eigenvalue weighted by Gasteiger charge is 2.50. The Hall–Kier alpha value is -1.56. The Morgan fingerprint density at radius 3 is 2.78 bits per heavy atom. The molecule has 1 N–H and O–H groups in total. The summed E-state index contributed by atoms with van der Waals surface area (Å²) in [6.07, 6.45) is 2.25. The van der Waals surface area contributed by atoms with E-state index in [2.05, 4.69) is 15.9 Å². The van der Waals surface area contributed by atoms with Crippen LogP contribution >= 0.6 is 15.9 Å². The van der Waals surface area contributed by atoms with Crippen molar-refractivity contribution in [2.24, 2.45) is 11.8 Å². The molecule has 1 aromatic carbocycles. The molecular weight excluding hydrogens is 362 g/mol. The SMILES string of the molecule is CC(Oc1ccccc1Br)C(=O)N1CC2CCCC2C1C(=O)O. The van der Waals surface area contributed by atoms with Crippen LogP contribution in [0.25, 0.3) is 0 Å². The normalized spacial score (nSPS) is 27.6. The van der Waals surface area contributed by atoms with Gasteiger partial charge < -0.3 is 14.7 Å². The number of benzene rings is 1. The highest BCUT2D eigenvalue weighted by molar-refractivity contribution is 9.10. The summed E-state index contributed by atoms with van der Waals surface area (Å²) in [5, 5.41) is 9.55. The zero-order chi connectivity index (χ0) is 16.6. The smallest absolute Gasteiger partial charge is 0.326 e. The van der Waals surface area contributed by atoms with E-state index in [1.54, 1.807) is 13.0 Å². The lowest BCUT2D eigenvalue weighted by molar-refractivity contribution is -0.152. The van der Waals surface area contributed by atoms with E-state index in [1.165, 1.54) is 4.90 Å². The van der Waals surface area contributed by atoms with Gasteiger partial charge in [0.1, 0.15) is 11.8 Å². The van der Waals surface area contributed by atoms with Crippen LogP contribution in [0, 0.1) is 11.8 Å². The molecule has 4 atom stereocenters. The highest BCUT2D eigenvalue weighted by Crippen LogP contribution is 2.42. The fraction of sp³-hybridized carbons (Fsp3) is 0.529. The van der Waals surface area contributed by atoms with E-state index in [0.717, 1.165) is 23.7 Å². The van der Waals surface area contributed by atoms with E-state index in [-0.39, 0.29) is 11.8 Å². The van der Waals surface area contributed by atoms with Crippen LogP contribution in [0.4, 0.5) is 0 Å². The van der Waals surface area contributed by atoms with Gasteiger partial charge in [0.15, 0.2) is 6.10 Å². The number of nitrogens with zero attached hydrogens (tertiary/aromatic N) is 1. The molecule has 0 radical (unpaired) electrons. The average molecular weight is 382 g/mol. The summed E-state index contributed by atoms with van der Waals surface area (Å²) in [7, 11) is 0. The Morgan fingerprint density at radius 1 is 1.35 bits per heavy atom. The molecule has 2 aliphatic rings. The molecule has 1 aliphatic carbocycles. The first-order valence-corrected chi connectivity index (χ1v) is 8.73. The maximum Gasteiger partial charge on any atom is 0.326 e. The van der Waals surface area contributed by atoms with E-state index >= 15 is 0 Å².